The average molecular weight is 280 g/mol. The molecule has 1 fully saturated rings. The van der Waals surface area contributed by atoms with E-state index in [9.17, 15) is 0 Å². The van der Waals surface area contributed by atoms with Crippen LogP contribution in [0.3, 0.4) is 0 Å². The van der Waals surface area contributed by atoms with Gasteiger partial charge >= 0.3 is 0 Å². The molecular weight excluding hydrogens is 252 g/mol. The molecule has 5 nitrogen and oxygen atoms in total. The number of nitrogens with two attached hydrogens (primary N) is 1. The van der Waals surface area contributed by atoms with Crippen LogP contribution in [0.15, 0.2) is 12.5 Å². The SMILES string of the molecule is COC1CN(C(CN)c2cncn2C(C)C)CCC1C. The van der Waals surface area contributed by atoms with Crippen molar-refractivity contribution in [3.05, 3.63) is 18.2 Å². The van der Waals surface area contributed by atoms with E-state index < -0.39 is 0 Å². The van der Waals surface area contributed by atoms with E-state index in [4.69, 9.17) is 10.5 Å². The molecule has 1 aromatic heterocycles. The minimum Gasteiger partial charge on any atom is -0.380 e. The van der Waals surface area contributed by atoms with E-state index in [1.54, 1.807) is 7.11 Å². The molecule has 0 saturated carbocycles. The smallest absolute Gasteiger partial charge is 0.0951 e. The lowest BCUT2D eigenvalue weighted by atomic mass is 9.94. The minimum atomic E-state index is 0.227. The summed E-state index contributed by atoms with van der Waals surface area (Å²) in [6.07, 6.45) is 5.32. The molecule has 3 atom stereocenters. The summed E-state index contributed by atoms with van der Waals surface area (Å²) in [5.41, 5.74) is 7.28. The fourth-order valence-electron chi connectivity index (χ4n) is 3.11. The van der Waals surface area contributed by atoms with Crippen molar-refractivity contribution in [1.82, 2.24) is 14.5 Å². The Labute approximate surface area is 122 Å². The highest BCUT2D eigenvalue weighted by atomic mass is 16.5. The summed E-state index contributed by atoms with van der Waals surface area (Å²) in [7, 11) is 1.81. The maximum atomic E-state index is 6.06. The first-order valence-corrected chi connectivity index (χ1v) is 7.57. The normalized spacial score (nSPS) is 26.1. The lowest BCUT2D eigenvalue weighted by Gasteiger charge is -2.40. The monoisotopic (exact) mass is 280 g/mol. The number of rotatable bonds is 5. The summed E-state index contributed by atoms with van der Waals surface area (Å²) >= 11 is 0. The number of hydrogen-bond acceptors (Lipinski definition) is 4. The molecule has 1 aliphatic rings. The fourth-order valence-corrected chi connectivity index (χ4v) is 3.11. The number of methoxy groups -OCH3 is 1. The van der Waals surface area contributed by atoms with E-state index in [2.05, 4.69) is 35.2 Å². The molecule has 20 heavy (non-hydrogen) atoms. The Morgan fingerprint density at radius 3 is 2.85 bits per heavy atom. The van der Waals surface area contributed by atoms with Gasteiger partial charge in [0, 0.05) is 32.4 Å². The third-order valence-electron chi connectivity index (χ3n) is 4.48. The number of piperidine rings is 1. The van der Waals surface area contributed by atoms with Crippen molar-refractivity contribution in [3.8, 4) is 0 Å². The molecule has 2 heterocycles. The maximum Gasteiger partial charge on any atom is 0.0951 e. The zero-order valence-corrected chi connectivity index (χ0v) is 13.1. The molecular formula is C15H28N4O. The van der Waals surface area contributed by atoms with Crippen LogP contribution in [-0.2, 0) is 4.74 Å². The van der Waals surface area contributed by atoms with Gasteiger partial charge in [-0.1, -0.05) is 6.92 Å². The Morgan fingerprint density at radius 1 is 1.50 bits per heavy atom. The van der Waals surface area contributed by atoms with Gasteiger partial charge in [-0.25, -0.2) is 4.98 Å². The van der Waals surface area contributed by atoms with E-state index >= 15 is 0 Å². The molecule has 3 unspecified atom stereocenters. The highest BCUT2D eigenvalue weighted by molar-refractivity contribution is 5.08. The molecule has 0 aliphatic carbocycles. The molecule has 0 amide bonds. The molecule has 1 saturated heterocycles. The van der Waals surface area contributed by atoms with E-state index in [1.807, 2.05) is 12.5 Å². The molecule has 2 N–H and O–H groups in total. The molecule has 114 valence electrons. The van der Waals surface area contributed by atoms with Crippen molar-refractivity contribution in [2.75, 3.05) is 26.7 Å². The summed E-state index contributed by atoms with van der Waals surface area (Å²) in [6.45, 7) is 9.25. The number of imidazole rings is 1. The van der Waals surface area contributed by atoms with Gasteiger partial charge in [-0.2, -0.15) is 0 Å². The summed E-state index contributed by atoms with van der Waals surface area (Å²) < 4.78 is 7.84. The van der Waals surface area contributed by atoms with E-state index in [0.29, 0.717) is 24.6 Å². The lowest BCUT2D eigenvalue weighted by molar-refractivity contribution is -0.0194. The van der Waals surface area contributed by atoms with Crippen LogP contribution in [0.5, 0.6) is 0 Å². The highest BCUT2D eigenvalue weighted by Gasteiger charge is 2.31. The first-order chi connectivity index (χ1) is 9.58. The van der Waals surface area contributed by atoms with Crippen molar-refractivity contribution in [3.63, 3.8) is 0 Å². The van der Waals surface area contributed by atoms with Crippen LogP contribution >= 0.6 is 0 Å². The van der Waals surface area contributed by atoms with E-state index in [0.717, 1.165) is 19.5 Å². The maximum absolute atomic E-state index is 6.06. The van der Waals surface area contributed by atoms with Gasteiger partial charge in [-0.05, 0) is 32.7 Å². The second kappa shape index (κ2) is 6.70. The van der Waals surface area contributed by atoms with Gasteiger partial charge in [-0.15, -0.1) is 0 Å². The quantitative estimate of drug-likeness (QED) is 0.894. The van der Waals surface area contributed by atoms with Crippen molar-refractivity contribution in [2.24, 2.45) is 11.7 Å². The van der Waals surface area contributed by atoms with Crippen molar-refractivity contribution < 1.29 is 4.74 Å². The fraction of sp³-hybridized carbons (Fsp3) is 0.800. The topological polar surface area (TPSA) is 56.3 Å². The van der Waals surface area contributed by atoms with Gasteiger partial charge < -0.3 is 15.0 Å². The molecule has 0 aromatic carbocycles. The first kappa shape index (κ1) is 15.5. The van der Waals surface area contributed by atoms with Gasteiger partial charge in [-0.3, -0.25) is 4.90 Å². The van der Waals surface area contributed by atoms with E-state index in [-0.39, 0.29) is 6.04 Å². The Balaban J connectivity index is 2.17. The van der Waals surface area contributed by atoms with Crippen molar-refractivity contribution in [2.45, 2.75) is 45.4 Å². The predicted molar refractivity (Wildman–Crippen MR) is 80.6 cm³/mol. The Morgan fingerprint density at radius 2 is 2.25 bits per heavy atom. The summed E-state index contributed by atoms with van der Waals surface area (Å²) in [5.74, 6) is 0.615. The predicted octanol–water partition coefficient (Wildman–Crippen LogP) is 1.82. The largest absolute Gasteiger partial charge is 0.380 e. The van der Waals surface area contributed by atoms with Crippen LogP contribution in [0.1, 0.15) is 45.0 Å². The number of ether oxygens (including phenoxy) is 1. The highest BCUT2D eigenvalue weighted by Crippen LogP contribution is 2.28. The van der Waals surface area contributed by atoms with Crippen LogP contribution in [0.4, 0.5) is 0 Å². The van der Waals surface area contributed by atoms with Crippen LogP contribution in [0, 0.1) is 5.92 Å². The summed E-state index contributed by atoms with van der Waals surface area (Å²) in [4.78, 5) is 6.76. The van der Waals surface area contributed by atoms with E-state index in [1.165, 1.54) is 5.69 Å². The Kier molecular flexibility index (Phi) is 5.18. The number of nitrogens with zero attached hydrogens (tertiary/aromatic N) is 3. The van der Waals surface area contributed by atoms with Gasteiger partial charge in [0.1, 0.15) is 0 Å². The molecule has 0 bridgehead atoms. The third kappa shape index (κ3) is 3.05. The summed E-state index contributed by atoms with van der Waals surface area (Å²) in [5, 5.41) is 0. The molecule has 0 spiro atoms. The van der Waals surface area contributed by atoms with Crippen LogP contribution in [0.2, 0.25) is 0 Å². The molecule has 1 aromatic rings. The first-order valence-electron chi connectivity index (χ1n) is 7.57. The van der Waals surface area contributed by atoms with Gasteiger partial charge in [0.25, 0.3) is 0 Å². The van der Waals surface area contributed by atoms with Crippen molar-refractivity contribution >= 4 is 0 Å². The standard InChI is InChI=1S/C15H28N4O/c1-11(2)19-10-17-8-14(19)13(7-16)18-6-5-12(3)15(9-18)20-4/h8,10-13,15H,5-7,9,16H2,1-4H3. The second-order valence-electron chi connectivity index (χ2n) is 6.11. The van der Waals surface area contributed by atoms with Gasteiger partial charge in [0.05, 0.1) is 24.2 Å². The molecule has 1 aliphatic heterocycles. The Bertz CT molecular complexity index is 418. The lowest BCUT2D eigenvalue weighted by Crippen LogP contribution is -2.47. The molecule has 5 heteroatoms. The number of likely N-dealkylation sites (tertiary alicyclic amines) is 1. The minimum absolute atomic E-state index is 0.227. The molecule has 2 rings (SSSR count). The number of aromatic nitrogens is 2. The Hall–Kier alpha value is -0.910. The van der Waals surface area contributed by atoms with Gasteiger partial charge in [0.2, 0.25) is 0 Å². The zero-order valence-electron chi connectivity index (χ0n) is 13.1. The number of hydrogen-bond donors (Lipinski definition) is 1. The van der Waals surface area contributed by atoms with Crippen molar-refractivity contribution in [1.29, 1.82) is 0 Å². The molecule has 0 radical (unpaired) electrons. The summed E-state index contributed by atoms with van der Waals surface area (Å²) in [6, 6.07) is 0.633. The van der Waals surface area contributed by atoms with Crippen LogP contribution < -0.4 is 5.73 Å². The zero-order chi connectivity index (χ0) is 14.7. The third-order valence-corrected chi connectivity index (χ3v) is 4.48. The van der Waals surface area contributed by atoms with Crippen LogP contribution in [-0.4, -0.2) is 47.3 Å². The van der Waals surface area contributed by atoms with Crippen LogP contribution in [0.25, 0.3) is 0 Å². The average Bonchev–Trinajstić information content (AvgIpc) is 2.91. The second-order valence-corrected chi connectivity index (χ2v) is 6.11. The van der Waals surface area contributed by atoms with Gasteiger partial charge in [0.15, 0.2) is 0 Å².